The first-order valence-electron chi connectivity index (χ1n) is 7.00. The maximum absolute atomic E-state index is 12.1. The first-order valence-corrected chi connectivity index (χ1v) is 7.88. The van der Waals surface area contributed by atoms with Crippen molar-refractivity contribution in [2.75, 3.05) is 0 Å². The summed E-state index contributed by atoms with van der Waals surface area (Å²) in [7, 11) is 0. The molecular weight excluding hydrogens is 296 g/mol. The monoisotopic (exact) mass is 312 g/mol. The highest BCUT2D eigenvalue weighted by Gasteiger charge is 2.11. The molecule has 0 aliphatic heterocycles. The fourth-order valence-corrected chi connectivity index (χ4v) is 2.85. The molecular formula is C16H16N4OS. The number of rotatable bonds is 5. The Kier molecular flexibility index (Phi) is 4.29. The minimum absolute atomic E-state index is 0.0333. The highest BCUT2D eigenvalue weighted by atomic mass is 32.1. The van der Waals surface area contributed by atoms with E-state index in [2.05, 4.69) is 15.6 Å². The van der Waals surface area contributed by atoms with Crippen LogP contribution in [0.5, 0.6) is 0 Å². The van der Waals surface area contributed by atoms with Crippen molar-refractivity contribution >= 4 is 17.2 Å². The van der Waals surface area contributed by atoms with Crippen molar-refractivity contribution in [3.63, 3.8) is 0 Å². The molecule has 1 unspecified atom stereocenters. The van der Waals surface area contributed by atoms with E-state index in [1.165, 1.54) is 0 Å². The number of carbonyl (C=O) groups is 1. The summed E-state index contributed by atoms with van der Waals surface area (Å²) in [5.41, 5.74) is 1.87. The second-order valence-corrected chi connectivity index (χ2v) is 5.93. The van der Waals surface area contributed by atoms with Gasteiger partial charge in [0.1, 0.15) is 12.2 Å². The highest BCUT2D eigenvalue weighted by Crippen LogP contribution is 2.21. The summed E-state index contributed by atoms with van der Waals surface area (Å²) in [5.74, 6) is -0.0843. The third-order valence-corrected chi connectivity index (χ3v) is 4.19. The lowest BCUT2D eigenvalue weighted by Crippen LogP contribution is -2.30. The molecule has 22 heavy (non-hydrogen) atoms. The molecule has 1 N–H and O–H groups in total. The van der Waals surface area contributed by atoms with Crippen molar-refractivity contribution in [1.82, 2.24) is 20.3 Å². The second kappa shape index (κ2) is 6.53. The molecule has 2 heterocycles. The molecule has 0 saturated heterocycles. The van der Waals surface area contributed by atoms with Crippen LogP contribution in [-0.4, -0.2) is 20.9 Å². The van der Waals surface area contributed by atoms with E-state index in [4.69, 9.17) is 0 Å². The van der Waals surface area contributed by atoms with E-state index in [0.29, 0.717) is 0 Å². The lowest BCUT2D eigenvalue weighted by Gasteiger charge is -2.13. The first-order chi connectivity index (χ1) is 10.7. The third kappa shape index (κ3) is 3.40. The van der Waals surface area contributed by atoms with Crippen molar-refractivity contribution in [1.29, 1.82) is 0 Å². The Morgan fingerprint density at radius 3 is 2.82 bits per heavy atom. The Hall–Kier alpha value is -2.47. The van der Waals surface area contributed by atoms with Gasteiger partial charge in [0, 0.05) is 0 Å². The molecule has 0 spiro atoms. The molecule has 2 aromatic heterocycles. The van der Waals surface area contributed by atoms with Crippen LogP contribution in [0, 0.1) is 0 Å². The Bertz CT molecular complexity index is 737. The zero-order chi connectivity index (χ0) is 15.4. The zero-order valence-electron chi connectivity index (χ0n) is 12.1. The van der Waals surface area contributed by atoms with E-state index in [1.54, 1.807) is 22.2 Å². The lowest BCUT2D eigenvalue weighted by atomic mass is 10.1. The predicted molar refractivity (Wildman–Crippen MR) is 86.3 cm³/mol. The maximum Gasteiger partial charge on any atom is 0.242 e. The van der Waals surface area contributed by atoms with Gasteiger partial charge in [0.05, 0.1) is 17.1 Å². The van der Waals surface area contributed by atoms with Crippen molar-refractivity contribution in [2.24, 2.45) is 0 Å². The number of aromatic nitrogens is 3. The minimum Gasteiger partial charge on any atom is -0.348 e. The summed E-state index contributed by atoms with van der Waals surface area (Å²) < 4.78 is 1.56. The predicted octanol–water partition coefficient (Wildman–Crippen LogP) is 2.88. The Labute approximate surface area is 132 Å². The summed E-state index contributed by atoms with van der Waals surface area (Å²) in [6, 6.07) is 13.8. The number of nitrogens with zero attached hydrogens (tertiary/aromatic N) is 3. The fraction of sp³-hybridized carbons (Fsp3) is 0.188. The molecule has 6 heteroatoms. The quantitative estimate of drug-likeness (QED) is 0.788. The minimum atomic E-state index is -0.0843. The van der Waals surface area contributed by atoms with Crippen LogP contribution in [0.25, 0.3) is 10.6 Å². The summed E-state index contributed by atoms with van der Waals surface area (Å²) in [6.07, 6.45) is 1.79. The molecule has 5 nitrogen and oxygen atoms in total. The number of thiophene rings is 1. The molecule has 0 fully saturated rings. The van der Waals surface area contributed by atoms with Crippen LogP contribution >= 0.6 is 11.3 Å². The van der Waals surface area contributed by atoms with E-state index in [9.17, 15) is 4.79 Å². The Morgan fingerprint density at radius 1 is 1.27 bits per heavy atom. The molecule has 112 valence electrons. The van der Waals surface area contributed by atoms with Crippen molar-refractivity contribution in [3.8, 4) is 10.6 Å². The summed E-state index contributed by atoms with van der Waals surface area (Å²) >= 11 is 1.60. The number of nitrogens with one attached hydrogen (secondary N) is 1. The SMILES string of the molecule is CC(NC(=O)Cn1cc(-c2cccs2)nn1)c1ccccc1. The van der Waals surface area contributed by atoms with Gasteiger partial charge in [-0.15, -0.1) is 16.4 Å². The Morgan fingerprint density at radius 2 is 2.09 bits per heavy atom. The maximum atomic E-state index is 12.1. The van der Waals surface area contributed by atoms with Gasteiger partial charge in [-0.05, 0) is 23.9 Å². The lowest BCUT2D eigenvalue weighted by molar-refractivity contribution is -0.122. The van der Waals surface area contributed by atoms with Gasteiger partial charge < -0.3 is 5.32 Å². The number of amides is 1. The number of carbonyl (C=O) groups excluding carboxylic acids is 1. The normalized spacial score (nSPS) is 12.0. The molecule has 1 amide bonds. The summed E-state index contributed by atoms with van der Waals surface area (Å²) in [5, 5.41) is 13.0. The van der Waals surface area contributed by atoms with E-state index in [0.717, 1.165) is 16.1 Å². The summed E-state index contributed by atoms with van der Waals surface area (Å²) in [4.78, 5) is 13.1. The van der Waals surface area contributed by atoms with Gasteiger partial charge >= 0.3 is 0 Å². The topological polar surface area (TPSA) is 59.8 Å². The smallest absolute Gasteiger partial charge is 0.242 e. The van der Waals surface area contributed by atoms with Gasteiger partial charge in [0.2, 0.25) is 5.91 Å². The highest BCUT2D eigenvalue weighted by molar-refractivity contribution is 7.13. The molecule has 0 saturated carbocycles. The van der Waals surface area contributed by atoms with Gasteiger partial charge in [-0.2, -0.15) is 0 Å². The van der Waals surface area contributed by atoms with Crippen LogP contribution in [0.4, 0.5) is 0 Å². The van der Waals surface area contributed by atoms with E-state index >= 15 is 0 Å². The average Bonchev–Trinajstić information content (AvgIpc) is 3.19. The molecule has 0 radical (unpaired) electrons. The Balaban J connectivity index is 1.60. The van der Waals surface area contributed by atoms with Gasteiger partial charge in [0.15, 0.2) is 0 Å². The zero-order valence-corrected chi connectivity index (χ0v) is 13.0. The third-order valence-electron chi connectivity index (χ3n) is 3.29. The van der Waals surface area contributed by atoms with Gasteiger partial charge in [-0.3, -0.25) is 4.79 Å². The second-order valence-electron chi connectivity index (χ2n) is 4.98. The van der Waals surface area contributed by atoms with E-state index < -0.39 is 0 Å². The molecule has 0 aliphatic carbocycles. The molecule has 0 aliphatic rings. The molecule has 3 rings (SSSR count). The largest absolute Gasteiger partial charge is 0.348 e. The van der Waals surface area contributed by atoms with Crippen molar-refractivity contribution < 1.29 is 4.79 Å². The number of hydrogen-bond donors (Lipinski definition) is 1. The van der Waals surface area contributed by atoms with Crippen LogP contribution in [0.2, 0.25) is 0 Å². The number of benzene rings is 1. The van der Waals surface area contributed by atoms with Crippen LogP contribution < -0.4 is 5.32 Å². The van der Waals surface area contributed by atoms with Crippen LogP contribution in [0.1, 0.15) is 18.5 Å². The van der Waals surface area contributed by atoms with E-state index in [-0.39, 0.29) is 18.5 Å². The summed E-state index contributed by atoms with van der Waals surface area (Å²) in [6.45, 7) is 2.13. The van der Waals surface area contributed by atoms with Crippen LogP contribution in [0.3, 0.4) is 0 Å². The average molecular weight is 312 g/mol. The van der Waals surface area contributed by atoms with E-state index in [1.807, 2.05) is 54.8 Å². The molecule has 1 atom stereocenters. The fourth-order valence-electron chi connectivity index (χ4n) is 2.17. The van der Waals surface area contributed by atoms with Gasteiger partial charge in [-0.1, -0.05) is 41.6 Å². The standard InChI is InChI=1S/C16H16N4OS/c1-12(13-6-3-2-4-7-13)17-16(21)11-20-10-14(18-19-20)15-8-5-9-22-15/h2-10,12H,11H2,1H3,(H,17,21). The van der Waals surface area contributed by atoms with Crippen molar-refractivity contribution in [3.05, 3.63) is 59.6 Å². The molecule has 1 aromatic carbocycles. The van der Waals surface area contributed by atoms with Crippen LogP contribution in [-0.2, 0) is 11.3 Å². The number of hydrogen-bond acceptors (Lipinski definition) is 4. The first kappa shape index (κ1) is 14.5. The van der Waals surface area contributed by atoms with Crippen molar-refractivity contribution in [2.45, 2.75) is 19.5 Å². The molecule has 0 bridgehead atoms. The van der Waals surface area contributed by atoms with Gasteiger partial charge in [0.25, 0.3) is 0 Å². The van der Waals surface area contributed by atoms with Crippen LogP contribution in [0.15, 0.2) is 54.0 Å². The van der Waals surface area contributed by atoms with Gasteiger partial charge in [-0.25, -0.2) is 4.68 Å². The molecule has 3 aromatic rings.